The summed E-state index contributed by atoms with van der Waals surface area (Å²) in [5.41, 5.74) is 4.06. The molecule has 0 N–H and O–H groups in total. The van der Waals surface area contributed by atoms with Crippen LogP contribution in [0.15, 0.2) is 65.6 Å². The zero-order chi connectivity index (χ0) is 26.7. The molecule has 1 saturated heterocycles. The van der Waals surface area contributed by atoms with Gasteiger partial charge in [0.1, 0.15) is 0 Å². The lowest BCUT2D eigenvalue weighted by atomic mass is 10.1. The molecule has 1 heterocycles. The molecule has 3 aromatic rings. The van der Waals surface area contributed by atoms with E-state index in [1.807, 2.05) is 37.3 Å². The van der Waals surface area contributed by atoms with Crippen molar-refractivity contribution in [1.29, 1.82) is 0 Å². The molecule has 9 heteroatoms. The number of benzene rings is 3. The minimum atomic E-state index is -3.99. The lowest BCUT2D eigenvalue weighted by molar-refractivity contribution is -0.131. The van der Waals surface area contributed by atoms with Crippen molar-refractivity contribution in [3.8, 4) is 0 Å². The molecule has 1 amide bonds. The average Bonchev–Trinajstić information content (AvgIpc) is 2.85. The molecule has 1 aliphatic heterocycles. The molecule has 6 nitrogen and oxygen atoms in total. The number of nitrogens with zero attached hydrogens (tertiary/aromatic N) is 3. The first kappa shape index (κ1) is 27.5. The third-order valence-corrected chi connectivity index (χ3v) is 9.45. The minimum absolute atomic E-state index is 0.00169. The van der Waals surface area contributed by atoms with Gasteiger partial charge in [-0.1, -0.05) is 65.2 Å². The smallest absolute Gasteiger partial charge is 0.244 e. The second-order valence-corrected chi connectivity index (χ2v) is 12.1. The summed E-state index contributed by atoms with van der Waals surface area (Å²) in [5, 5.41) is 0.722. The van der Waals surface area contributed by atoms with Crippen molar-refractivity contribution in [3.63, 3.8) is 0 Å². The van der Waals surface area contributed by atoms with Crippen LogP contribution in [0.3, 0.4) is 0 Å². The van der Waals surface area contributed by atoms with E-state index in [0.29, 0.717) is 52.9 Å². The maximum Gasteiger partial charge on any atom is 0.244 e. The fraction of sp³-hybridized carbons (Fsp3) is 0.321. The van der Waals surface area contributed by atoms with E-state index in [1.165, 1.54) is 4.31 Å². The third kappa shape index (κ3) is 6.29. The molecule has 37 heavy (non-hydrogen) atoms. The molecule has 1 fully saturated rings. The van der Waals surface area contributed by atoms with Gasteiger partial charge in [0.05, 0.1) is 21.5 Å². The van der Waals surface area contributed by atoms with Gasteiger partial charge in [-0.3, -0.25) is 4.79 Å². The standard InChI is InChI=1S/C28H31Cl2N3O3S/c1-20-15-21(2)28(22(3)16-20)37(35,36)33(18-23-9-10-25(29)26(30)17-23)19-27(34)32-13-11-31(12-14-32)24-7-5-4-6-8-24/h4-10,15-17H,11-14,18-19H2,1-3H3. The molecule has 0 atom stereocenters. The molecule has 0 spiro atoms. The van der Waals surface area contributed by atoms with Gasteiger partial charge < -0.3 is 9.80 Å². The van der Waals surface area contributed by atoms with Gasteiger partial charge in [0.15, 0.2) is 0 Å². The molecule has 1 aliphatic rings. The SMILES string of the molecule is Cc1cc(C)c(S(=O)(=O)N(CC(=O)N2CCN(c3ccccc3)CC2)Cc2ccc(Cl)c(Cl)c2)c(C)c1. The first-order valence-corrected chi connectivity index (χ1v) is 14.4. The Balaban J connectivity index is 1.58. The number of carbonyl (C=O) groups is 1. The van der Waals surface area contributed by atoms with Gasteiger partial charge in [-0.15, -0.1) is 0 Å². The van der Waals surface area contributed by atoms with E-state index in [4.69, 9.17) is 23.2 Å². The number of rotatable bonds is 7. The van der Waals surface area contributed by atoms with Gasteiger partial charge in [0, 0.05) is 38.4 Å². The number of hydrogen-bond acceptors (Lipinski definition) is 4. The van der Waals surface area contributed by atoms with Crippen LogP contribution in [0.1, 0.15) is 22.3 Å². The quantitative estimate of drug-likeness (QED) is 0.385. The van der Waals surface area contributed by atoms with E-state index >= 15 is 0 Å². The van der Waals surface area contributed by atoms with Gasteiger partial charge in [-0.2, -0.15) is 4.31 Å². The zero-order valence-corrected chi connectivity index (χ0v) is 23.6. The van der Waals surface area contributed by atoms with Crippen LogP contribution in [0.25, 0.3) is 0 Å². The Morgan fingerprint density at radius 1 is 0.865 bits per heavy atom. The Bertz CT molecular complexity index is 1370. The number of aryl methyl sites for hydroxylation is 3. The average molecular weight is 561 g/mol. The number of amides is 1. The minimum Gasteiger partial charge on any atom is -0.368 e. The molecule has 196 valence electrons. The number of para-hydroxylation sites is 1. The number of piperazine rings is 1. The first-order chi connectivity index (χ1) is 17.6. The Kier molecular flexibility index (Phi) is 8.49. The van der Waals surface area contributed by atoms with Gasteiger partial charge in [0.2, 0.25) is 15.9 Å². The fourth-order valence-corrected chi connectivity index (χ4v) is 6.98. The van der Waals surface area contributed by atoms with Crippen molar-refractivity contribution >= 4 is 44.8 Å². The van der Waals surface area contributed by atoms with E-state index in [2.05, 4.69) is 17.0 Å². The zero-order valence-electron chi connectivity index (χ0n) is 21.2. The maximum atomic E-state index is 14.0. The summed E-state index contributed by atoms with van der Waals surface area (Å²) in [7, 11) is -3.99. The Labute approximate surface area is 229 Å². The van der Waals surface area contributed by atoms with Gasteiger partial charge in [-0.05, 0) is 61.7 Å². The number of carbonyl (C=O) groups excluding carboxylic acids is 1. The van der Waals surface area contributed by atoms with Crippen LogP contribution in [0, 0.1) is 20.8 Å². The summed E-state index contributed by atoms with van der Waals surface area (Å²) in [6.07, 6.45) is 0. The van der Waals surface area contributed by atoms with E-state index < -0.39 is 10.0 Å². The molecule has 0 saturated carbocycles. The second-order valence-electron chi connectivity index (χ2n) is 9.45. The third-order valence-electron chi connectivity index (χ3n) is 6.61. The Morgan fingerprint density at radius 3 is 2.08 bits per heavy atom. The largest absolute Gasteiger partial charge is 0.368 e. The summed E-state index contributed by atoms with van der Waals surface area (Å²) < 4.78 is 29.2. The molecule has 0 aromatic heterocycles. The monoisotopic (exact) mass is 559 g/mol. The molecule has 4 rings (SSSR count). The normalized spacial score (nSPS) is 14.3. The van der Waals surface area contributed by atoms with Crippen molar-refractivity contribution in [2.45, 2.75) is 32.2 Å². The summed E-state index contributed by atoms with van der Waals surface area (Å²) in [6, 6.07) is 18.8. The summed E-state index contributed by atoms with van der Waals surface area (Å²) in [5.74, 6) is -0.223. The van der Waals surface area contributed by atoms with E-state index in [9.17, 15) is 13.2 Å². The molecule has 0 unspecified atom stereocenters. The van der Waals surface area contributed by atoms with Gasteiger partial charge in [0.25, 0.3) is 0 Å². The van der Waals surface area contributed by atoms with E-state index in [0.717, 1.165) is 11.3 Å². The highest BCUT2D eigenvalue weighted by Crippen LogP contribution is 2.29. The van der Waals surface area contributed by atoms with Crippen molar-refractivity contribution in [2.24, 2.45) is 0 Å². The van der Waals surface area contributed by atoms with Crippen LogP contribution >= 0.6 is 23.2 Å². The second kappa shape index (κ2) is 11.4. The van der Waals surface area contributed by atoms with Crippen LogP contribution in [0.4, 0.5) is 5.69 Å². The summed E-state index contributed by atoms with van der Waals surface area (Å²) >= 11 is 12.3. The lowest BCUT2D eigenvalue weighted by Crippen LogP contribution is -2.51. The van der Waals surface area contributed by atoms with Crippen LogP contribution in [-0.2, 0) is 21.4 Å². The molecular formula is C28H31Cl2N3O3S. The topological polar surface area (TPSA) is 60.9 Å². The number of sulfonamides is 1. The van der Waals surface area contributed by atoms with E-state index in [-0.39, 0.29) is 23.9 Å². The van der Waals surface area contributed by atoms with Gasteiger partial charge >= 0.3 is 0 Å². The highest BCUT2D eigenvalue weighted by Gasteiger charge is 2.32. The number of hydrogen-bond donors (Lipinski definition) is 0. The summed E-state index contributed by atoms with van der Waals surface area (Å²) in [4.78, 5) is 17.6. The van der Waals surface area contributed by atoms with Crippen molar-refractivity contribution < 1.29 is 13.2 Å². The Morgan fingerprint density at radius 2 is 1.49 bits per heavy atom. The maximum absolute atomic E-state index is 14.0. The number of anilines is 1. The molecule has 0 bridgehead atoms. The Hall–Kier alpha value is -2.58. The van der Waals surface area contributed by atoms with Crippen molar-refractivity contribution in [1.82, 2.24) is 9.21 Å². The van der Waals surface area contributed by atoms with Crippen molar-refractivity contribution in [2.75, 3.05) is 37.6 Å². The molecule has 0 aliphatic carbocycles. The lowest BCUT2D eigenvalue weighted by Gasteiger charge is -2.37. The summed E-state index contributed by atoms with van der Waals surface area (Å²) in [6.45, 7) is 7.67. The van der Waals surface area contributed by atoms with Crippen molar-refractivity contribution in [3.05, 3.63) is 93.0 Å². The van der Waals surface area contributed by atoms with Crippen LogP contribution < -0.4 is 4.90 Å². The van der Waals surface area contributed by atoms with Crippen LogP contribution in [0.2, 0.25) is 10.0 Å². The fourth-order valence-electron chi connectivity index (χ4n) is 4.87. The van der Waals surface area contributed by atoms with Crippen LogP contribution in [0.5, 0.6) is 0 Å². The highest BCUT2D eigenvalue weighted by atomic mass is 35.5. The highest BCUT2D eigenvalue weighted by molar-refractivity contribution is 7.89. The van der Waals surface area contributed by atoms with E-state index in [1.54, 1.807) is 36.9 Å². The first-order valence-electron chi connectivity index (χ1n) is 12.2. The molecular weight excluding hydrogens is 529 g/mol. The molecule has 3 aromatic carbocycles. The van der Waals surface area contributed by atoms with Gasteiger partial charge in [-0.25, -0.2) is 8.42 Å². The number of halogens is 2. The molecule has 0 radical (unpaired) electrons. The van der Waals surface area contributed by atoms with Crippen LogP contribution in [-0.4, -0.2) is 56.3 Å². The predicted octanol–water partition coefficient (Wildman–Crippen LogP) is 5.46. The predicted molar refractivity (Wildman–Crippen MR) is 150 cm³/mol.